The molecule has 1 aromatic heterocycles. The van der Waals surface area contributed by atoms with Gasteiger partial charge in [0.2, 0.25) is 6.41 Å². The van der Waals surface area contributed by atoms with Crippen molar-refractivity contribution in [2.45, 2.75) is 44.7 Å². The number of halogens is 1. The standard InChI is InChI=1S/C24H27ClN2O5S/c1-15(2)32-24(29)13-33(30,31)19-8-6-18(7-9-19)17(4)27(14-28)23-12-20-21(25)10-16(3)11-22(20)26(23)5/h6-12,14-15,17H,13H2,1-5H3/t17-/m1/s1. The minimum atomic E-state index is -3.83. The van der Waals surface area contributed by atoms with E-state index in [0.717, 1.165) is 28.4 Å². The molecule has 0 fully saturated rings. The summed E-state index contributed by atoms with van der Waals surface area (Å²) in [7, 11) is -1.97. The fourth-order valence-corrected chi connectivity index (χ4v) is 5.17. The monoisotopic (exact) mass is 490 g/mol. The zero-order valence-corrected chi connectivity index (χ0v) is 20.8. The van der Waals surface area contributed by atoms with Crippen molar-refractivity contribution in [1.29, 1.82) is 0 Å². The number of nitrogens with zero attached hydrogens (tertiary/aromatic N) is 2. The first-order chi connectivity index (χ1) is 15.4. The molecule has 0 aliphatic rings. The number of fused-ring (bicyclic) bond motifs is 1. The SMILES string of the molecule is Cc1cc(Cl)c2cc(N(C=O)[C@H](C)c3ccc(S(=O)(=O)CC(=O)OC(C)C)cc3)n(C)c2c1. The van der Waals surface area contributed by atoms with Crippen molar-refractivity contribution in [3.63, 3.8) is 0 Å². The molecule has 2 aromatic carbocycles. The fraction of sp³-hybridized carbons (Fsp3) is 0.333. The Kier molecular flexibility index (Phi) is 7.19. The normalized spacial score (nSPS) is 12.7. The van der Waals surface area contributed by atoms with Crippen LogP contribution in [0.2, 0.25) is 5.02 Å². The lowest BCUT2D eigenvalue weighted by molar-refractivity contribution is -0.144. The Labute approximate surface area is 198 Å². The molecule has 9 heteroatoms. The Bertz CT molecular complexity index is 1300. The summed E-state index contributed by atoms with van der Waals surface area (Å²) >= 11 is 6.41. The summed E-state index contributed by atoms with van der Waals surface area (Å²) in [5.74, 6) is -0.858. The van der Waals surface area contributed by atoms with Crippen LogP contribution in [0.15, 0.2) is 47.4 Å². The van der Waals surface area contributed by atoms with Crippen LogP contribution in [0.5, 0.6) is 0 Å². The van der Waals surface area contributed by atoms with Gasteiger partial charge in [-0.1, -0.05) is 23.7 Å². The summed E-state index contributed by atoms with van der Waals surface area (Å²) in [5.41, 5.74) is 2.65. The summed E-state index contributed by atoms with van der Waals surface area (Å²) < 4.78 is 31.9. The number of benzene rings is 2. The van der Waals surface area contributed by atoms with E-state index >= 15 is 0 Å². The van der Waals surface area contributed by atoms with Crippen LogP contribution < -0.4 is 4.90 Å². The molecule has 3 rings (SSSR count). The molecule has 3 aromatic rings. The van der Waals surface area contributed by atoms with Gasteiger partial charge in [-0.25, -0.2) is 8.42 Å². The molecule has 0 unspecified atom stereocenters. The van der Waals surface area contributed by atoms with E-state index in [1.165, 1.54) is 12.1 Å². The van der Waals surface area contributed by atoms with Gasteiger partial charge in [0.1, 0.15) is 5.82 Å². The summed E-state index contributed by atoms with van der Waals surface area (Å²) in [6, 6.07) is 11.5. The van der Waals surface area contributed by atoms with Crippen LogP contribution >= 0.6 is 11.6 Å². The number of aryl methyl sites for hydroxylation is 2. The van der Waals surface area contributed by atoms with Gasteiger partial charge in [-0.15, -0.1) is 0 Å². The van der Waals surface area contributed by atoms with Gasteiger partial charge >= 0.3 is 5.97 Å². The minimum absolute atomic E-state index is 0.0173. The van der Waals surface area contributed by atoms with Gasteiger partial charge in [0.25, 0.3) is 0 Å². The highest BCUT2D eigenvalue weighted by Crippen LogP contribution is 2.34. The Morgan fingerprint density at radius 2 is 1.79 bits per heavy atom. The van der Waals surface area contributed by atoms with E-state index in [9.17, 15) is 18.0 Å². The maximum atomic E-state index is 12.5. The molecule has 1 heterocycles. The van der Waals surface area contributed by atoms with E-state index in [1.807, 2.05) is 43.7 Å². The number of amides is 1. The lowest BCUT2D eigenvalue weighted by Gasteiger charge is -2.26. The van der Waals surface area contributed by atoms with Crippen LogP contribution in [0, 0.1) is 6.92 Å². The predicted octanol–water partition coefficient (Wildman–Crippen LogP) is 4.59. The molecular weight excluding hydrogens is 464 g/mol. The zero-order valence-electron chi connectivity index (χ0n) is 19.2. The third kappa shape index (κ3) is 5.23. The number of ether oxygens (including phenoxy) is 1. The van der Waals surface area contributed by atoms with Gasteiger partial charge in [-0.3, -0.25) is 14.5 Å². The highest BCUT2D eigenvalue weighted by molar-refractivity contribution is 7.92. The smallest absolute Gasteiger partial charge is 0.321 e. The highest BCUT2D eigenvalue weighted by Gasteiger charge is 2.24. The Morgan fingerprint density at radius 1 is 1.15 bits per heavy atom. The molecule has 0 bridgehead atoms. The lowest BCUT2D eigenvalue weighted by Crippen LogP contribution is -2.27. The van der Waals surface area contributed by atoms with Crippen LogP contribution in [0.3, 0.4) is 0 Å². The molecule has 33 heavy (non-hydrogen) atoms. The van der Waals surface area contributed by atoms with E-state index in [2.05, 4.69) is 0 Å². The average molecular weight is 491 g/mol. The van der Waals surface area contributed by atoms with Crippen molar-refractivity contribution in [2.75, 3.05) is 10.7 Å². The fourth-order valence-electron chi connectivity index (χ4n) is 3.75. The van der Waals surface area contributed by atoms with E-state index < -0.39 is 27.7 Å². The van der Waals surface area contributed by atoms with Gasteiger partial charge in [0, 0.05) is 12.4 Å². The maximum Gasteiger partial charge on any atom is 0.321 e. The number of esters is 1. The third-order valence-electron chi connectivity index (χ3n) is 5.42. The molecule has 0 saturated carbocycles. The lowest BCUT2D eigenvalue weighted by atomic mass is 10.1. The Morgan fingerprint density at radius 3 is 2.36 bits per heavy atom. The molecule has 1 amide bonds. The van der Waals surface area contributed by atoms with Gasteiger partial charge in [-0.05, 0) is 69.2 Å². The number of aromatic nitrogens is 1. The number of hydrogen-bond acceptors (Lipinski definition) is 5. The topological polar surface area (TPSA) is 85.7 Å². The Balaban J connectivity index is 1.89. The summed E-state index contributed by atoms with van der Waals surface area (Å²) in [6.45, 7) is 7.12. The van der Waals surface area contributed by atoms with Gasteiger partial charge in [0.15, 0.2) is 15.6 Å². The number of carbonyl (C=O) groups is 2. The van der Waals surface area contributed by atoms with Crippen LogP contribution in [0.4, 0.5) is 5.82 Å². The van der Waals surface area contributed by atoms with Crippen molar-refractivity contribution in [3.8, 4) is 0 Å². The van der Waals surface area contributed by atoms with Crippen LogP contribution in [0.25, 0.3) is 10.9 Å². The van der Waals surface area contributed by atoms with Crippen molar-refractivity contribution >= 4 is 50.5 Å². The number of hydrogen-bond donors (Lipinski definition) is 0. The molecule has 7 nitrogen and oxygen atoms in total. The van der Waals surface area contributed by atoms with Crippen molar-refractivity contribution in [1.82, 2.24) is 4.57 Å². The molecule has 0 spiro atoms. The summed E-state index contributed by atoms with van der Waals surface area (Å²) in [6.07, 6.45) is 0.352. The van der Waals surface area contributed by atoms with E-state index in [0.29, 0.717) is 10.8 Å². The number of anilines is 1. The molecule has 176 valence electrons. The zero-order chi connectivity index (χ0) is 24.5. The van der Waals surface area contributed by atoms with Gasteiger partial charge in [0.05, 0.1) is 27.6 Å². The molecular formula is C24H27ClN2O5S. The second-order valence-electron chi connectivity index (χ2n) is 8.30. The largest absolute Gasteiger partial charge is 0.462 e. The predicted molar refractivity (Wildman–Crippen MR) is 129 cm³/mol. The molecule has 0 aliphatic heterocycles. The third-order valence-corrected chi connectivity index (χ3v) is 7.34. The number of carbonyl (C=O) groups excluding carboxylic acids is 2. The van der Waals surface area contributed by atoms with Crippen LogP contribution in [0.1, 0.15) is 37.9 Å². The molecule has 0 radical (unpaired) electrons. The first kappa shape index (κ1) is 24.8. The summed E-state index contributed by atoms with van der Waals surface area (Å²) in [5, 5.41) is 1.45. The van der Waals surface area contributed by atoms with E-state index in [1.54, 1.807) is 30.9 Å². The van der Waals surface area contributed by atoms with Crippen molar-refractivity contribution < 1.29 is 22.7 Å². The minimum Gasteiger partial charge on any atom is -0.462 e. The molecule has 0 saturated heterocycles. The number of rotatable bonds is 8. The first-order valence-electron chi connectivity index (χ1n) is 10.5. The van der Waals surface area contributed by atoms with E-state index in [-0.39, 0.29) is 10.9 Å². The van der Waals surface area contributed by atoms with Crippen molar-refractivity contribution in [2.24, 2.45) is 7.05 Å². The van der Waals surface area contributed by atoms with Crippen LogP contribution in [-0.2, 0) is 31.2 Å². The average Bonchev–Trinajstić information content (AvgIpc) is 3.04. The number of sulfone groups is 1. The highest BCUT2D eigenvalue weighted by atomic mass is 35.5. The van der Waals surface area contributed by atoms with E-state index in [4.69, 9.17) is 16.3 Å². The molecule has 0 N–H and O–H groups in total. The van der Waals surface area contributed by atoms with Gasteiger partial charge < -0.3 is 9.30 Å². The Hall–Kier alpha value is -2.84. The molecule has 1 atom stereocenters. The first-order valence-corrected chi connectivity index (χ1v) is 12.5. The maximum absolute atomic E-state index is 12.5. The quantitative estimate of drug-likeness (QED) is 0.340. The second-order valence-corrected chi connectivity index (χ2v) is 10.7. The van der Waals surface area contributed by atoms with Crippen molar-refractivity contribution in [3.05, 3.63) is 58.6 Å². The summed E-state index contributed by atoms with van der Waals surface area (Å²) in [4.78, 5) is 25.4. The molecule has 0 aliphatic carbocycles. The van der Waals surface area contributed by atoms with Crippen LogP contribution in [-0.4, -0.2) is 37.2 Å². The van der Waals surface area contributed by atoms with Gasteiger partial charge in [-0.2, -0.15) is 0 Å². The second kappa shape index (κ2) is 9.57.